The van der Waals surface area contributed by atoms with Crippen molar-refractivity contribution in [2.24, 2.45) is 0 Å². The maximum atomic E-state index is 12.1. The molecule has 1 aromatic carbocycles. The summed E-state index contributed by atoms with van der Waals surface area (Å²) >= 11 is 1.43. The highest BCUT2D eigenvalue weighted by molar-refractivity contribution is 7.99. The Balaban J connectivity index is 1.78. The number of nitrogens with one attached hydrogen (secondary N) is 1. The molecule has 0 fully saturated rings. The molecule has 0 spiro atoms. The van der Waals surface area contributed by atoms with Gasteiger partial charge < -0.3 is 5.32 Å². The highest BCUT2D eigenvalue weighted by Gasteiger charge is 2.34. The summed E-state index contributed by atoms with van der Waals surface area (Å²) < 4.78 is 0. The average Bonchev–Trinajstić information content (AvgIpc) is 2.76. The molecule has 1 N–H and O–H groups in total. The topological polar surface area (TPSA) is 66.5 Å². The van der Waals surface area contributed by atoms with Crippen LogP contribution in [0.15, 0.2) is 24.3 Å². The molecule has 118 valence electrons. The Morgan fingerprint density at radius 1 is 1.23 bits per heavy atom. The van der Waals surface area contributed by atoms with Gasteiger partial charge in [-0.2, -0.15) is 11.8 Å². The molecule has 6 heteroatoms. The number of hydrogen-bond donors (Lipinski definition) is 1. The van der Waals surface area contributed by atoms with Gasteiger partial charge in [-0.15, -0.1) is 0 Å². The van der Waals surface area contributed by atoms with Crippen LogP contribution in [0.1, 0.15) is 41.0 Å². The Morgan fingerprint density at radius 3 is 2.36 bits per heavy atom. The third-order valence-electron chi connectivity index (χ3n) is 3.59. The molecule has 2 rings (SSSR count). The maximum Gasteiger partial charge on any atom is 0.261 e. The first kappa shape index (κ1) is 16.5. The third-order valence-corrected chi connectivity index (χ3v) is 4.53. The van der Waals surface area contributed by atoms with Crippen LogP contribution in [0.5, 0.6) is 0 Å². The summed E-state index contributed by atoms with van der Waals surface area (Å²) in [5.41, 5.74) is 0.930. The lowest BCUT2D eigenvalue weighted by Gasteiger charge is -2.14. The molecule has 0 aromatic heterocycles. The Kier molecular flexibility index (Phi) is 5.60. The van der Waals surface area contributed by atoms with Crippen LogP contribution in [0, 0.1) is 0 Å². The van der Waals surface area contributed by atoms with Crippen LogP contribution in [0.4, 0.5) is 0 Å². The minimum Gasteiger partial charge on any atom is -0.353 e. The van der Waals surface area contributed by atoms with Crippen LogP contribution in [-0.2, 0) is 4.79 Å². The predicted molar refractivity (Wildman–Crippen MR) is 87.0 cm³/mol. The summed E-state index contributed by atoms with van der Waals surface area (Å²) in [4.78, 5) is 37.2. The SMILES string of the molecule is CC[C@@H](C)NC(=O)CSCCN1C(=O)c2ccccc2C1=O. The summed E-state index contributed by atoms with van der Waals surface area (Å²) in [6.45, 7) is 4.30. The molecule has 1 aromatic rings. The number of nitrogens with zero attached hydrogens (tertiary/aromatic N) is 1. The summed E-state index contributed by atoms with van der Waals surface area (Å²) in [6.07, 6.45) is 0.894. The predicted octanol–water partition coefficient (Wildman–Crippen LogP) is 1.93. The van der Waals surface area contributed by atoms with Gasteiger partial charge in [-0.05, 0) is 25.5 Å². The van der Waals surface area contributed by atoms with Crippen LogP contribution in [0.3, 0.4) is 0 Å². The average molecular weight is 320 g/mol. The van der Waals surface area contributed by atoms with Gasteiger partial charge in [0.25, 0.3) is 11.8 Å². The van der Waals surface area contributed by atoms with Crippen LogP contribution in [0.25, 0.3) is 0 Å². The van der Waals surface area contributed by atoms with Crippen molar-refractivity contribution in [3.05, 3.63) is 35.4 Å². The van der Waals surface area contributed by atoms with E-state index in [2.05, 4.69) is 5.32 Å². The normalized spacial score (nSPS) is 14.9. The first-order valence-corrected chi connectivity index (χ1v) is 8.52. The number of amides is 3. The first-order chi connectivity index (χ1) is 10.5. The molecule has 0 saturated carbocycles. The van der Waals surface area contributed by atoms with Crippen molar-refractivity contribution in [2.45, 2.75) is 26.3 Å². The molecular formula is C16H20N2O3S. The van der Waals surface area contributed by atoms with E-state index in [-0.39, 0.29) is 23.8 Å². The molecule has 0 bridgehead atoms. The lowest BCUT2D eigenvalue weighted by atomic mass is 10.1. The zero-order valence-corrected chi connectivity index (χ0v) is 13.6. The van der Waals surface area contributed by atoms with E-state index in [0.717, 1.165) is 6.42 Å². The van der Waals surface area contributed by atoms with Gasteiger partial charge in [0, 0.05) is 18.3 Å². The number of carbonyl (C=O) groups is 3. The van der Waals surface area contributed by atoms with E-state index in [0.29, 0.717) is 29.2 Å². The zero-order valence-electron chi connectivity index (χ0n) is 12.8. The first-order valence-electron chi connectivity index (χ1n) is 7.37. The van der Waals surface area contributed by atoms with Crippen molar-refractivity contribution in [1.29, 1.82) is 0 Å². The minimum absolute atomic E-state index is 0.0123. The largest absolute Gasteiger partial charge is 0.353 e. The van der Waals surface area contributed by atoms with Crippen LogP contribution in [0.2, 0.25) is 0 Å². The molecule has 1 heterocycles. The number of imide groups is 1. The molecule has 1 aliphatic rings. The Bertz CT molecular complexity index is 554. The van der Waals surface area contributed by atoms with E-state index >= 15 is 0 Å². The molecule has 5 nitrogen and oxygen atoms in total. The van der Waals surface area contributed by atoms with E-state index < -0.39 is 0 Å². The number of carbonyl (C=O) groups excluding carboxylic acids is 3. The van der Waals surface area contributed by atoms with Gasteiger partial charge >= 0.3 is 0 Å². The number of hydrogen-bond acceptors (Lipinski definition) is 4. The molecule has 1 atom stereocenters. The van der Waals surface area contributed by atoms with Crippen molar-refractivity contribution < 1.29 is 14.4 Å². The lowest BCUT2D eigenvalue weighted by Crippen LogP contribution is -2.34. The van der Waals surface area contributed by atoms with Crippen LogP contribution < -0.4 is 5.32 Å². The number of fused-ring (bicyclic) bond motifs is 1. The van der Waals surface area contributed by atoms with Crippen LogP contribution >= 0.6 is 11.8 Å². The van der Waals surface area contributed by atoms with Crippen molar-refractivity contribution in [2.75, 3.05) is 18.1 Å². The van der Waals surface area contributed by atoms with Gasteiger partial charge in [0.05, 0.1) is 16.9 Å². The highest BCUT2D eigenvalue weighted by atomic mass is 32.2. The molecular weight excluding hydrogens is 300 g/mol. The second-order valence-corrected chi connectivity index (χ2v) is 6.34. The number of thioether (sulfide) groups is 1. The van der Waals surface area contributed by atoms with E-state index in [1.807, 2.05) is 13.8 Å². The van der Waals surface area contributed by atoms with Gasteiger partial charge in [-0.3, -0.25) is 19.3 Å². The van der Waals surface area contributed by atoms with Gasteiger partial charge in [0.15, 0.2) is 0 Å². The standard InChI is InChI=1S/C16H20N2O3S/c1-3-11(2)17-14(19)10-22-9-8-18-15(20)12-6-4-5-7-13(12)16(18)21/h4-7,11H,3,8-10H2,1-2H3,(H,17,19)/t11-/m1/s1. The van der Waals surface area contributed by atoms with E-state index in [1.54, 1.807) is 24.3 Å². The molecule has 3 amide bonds. The van der Waals surface area contributed by atoms with Gasteiger partial charge in [-0.25, -0.2) is 0 Å². The van der Waals surface area contributed by atoms with E-state index in [9.17, 15) is 14.4 Å². The summed E-state index contributed by atoms with van der Waals surface area (Å²) in [5.74, 6) is 0.393. The second-order valence-electron chi connectivity index (χ2n) is 5.24. The quantitative estimate of drug-likeness (QED) is 0.616. The van der Waals surface area contributed by atoms with Gasteiger partial charge in [0.2, 0.25) is 5.91 Å². The third kappa shape index (κ3) is 3.68. The van der Waals surface area contributed by atoms with Crippen molar-refractivity contribution >= 4 is 29.5 Å². The molecule has 0 radical (unpaired) electrons. The number of rotatable bonds is 7. The highest BCUT2D eigenvalue weighted by Crippen LogP contribution is 2.22. The zero-order chi connectivity index (χ0) is 16.1. The fourth-order valence-electron chi connectivity index (χ4n) is 2.18. The summed E-state index contributed by atoms with van der Waals surface area (Å²) in [7, 11) is 0. The minimum atomic E-state index is -0.245. The van der Waals surface area contributed by atoms with Crippen LogP contribution in [-0.4, -0.2) is 46.7 Å². The molecule has 1 aliphatic heterocycles. The van der Waals surface area contributed by atoms with Gasteiger partial charge in [-0.1, -0.05) is 19.1 Å². The molecule has 0 unspecified atom stereocenters. The molecule has 0 saturated heterocycles. The van der Waals surface area contributed by atoms with E-state index in [4.69, 9.17) is 0 Å². The second kappa shape index (κ2) is 7.45. The smallest absolute Gasteiger partial charge is 0.261 e. The fourth-order valence-corrected chi connectivity index (χ4v) is 2.91. The van der Waals surface area contributed by atoms with Crippen molar-refractivity contribution in [3.63, 3.8) is 0 Å². The lowest BCUT2D eigenvalue weighted by molar-refractivity contribution is -0.119. The Labute approximate surface area is 134 Å². The molecule has 0 aliphatic carbocycles. The molecule has 22 heavy (non-hydrogen) atoms. The van der Waals surface area contributed by atoms with Crippen molar-refractivity contribution in [3.8, 4) is 0 Å². The summed E-state index contributed by atoms with van der Waals surface area (Å²) in [5, 5.41) is 2.88. The Morgan fingerprint density at radius 2 is 1.82 bits per heavy atom. The monoisotopic (exact) mass is 320 g/mol. The summed E-state index contributed by atoms with van der Waals surface area (Å²) in [6, 6.07) is 7.01. The Hall–Kier alpha value is -1.82. The van der Waals surface area contributed by atoms with Gasteiger partial charge in [0.1, 0.15) is 0 Å². The van der Waals surface area contributed by atoms with E-state index in [1.165, 1.54) is 16.7 Å². The fraction of sp³-hybridized carbons (Fsp3) is 0.438. The van der Waals surface area contributed by atoms with Crippen molar-refractivity contribution in [1.82, 2.24) is 10.2 Å². The number of benzene rings is 1. The maximum absolute atomic E-state index is 12.1.